The van der Waals surface area contributed by atoms with Gasteiger partial charge in [0.1, 0.15) is 0 Å². The molecule has 30 heavy (non-hydrogen) atoms. The summed E-state index contributed by atoms with van der Waals surface area (Å²) < 4.78 is 0. The largest absolute Gasteiger partial charge is 0.0874 e. The lowest BCUT2D eigenvalue weighted by molar-refractivity contribution is -0.159. The summed E-state index contributed by atoms with van der Waals surface area (Å²) in [5.74, 6) is 1.73. The van der Waals surface area contributed by atoms with Crippen molar-refractivity contribution in [2.24, 2.45) is 44.3 Å². The molecule has 5 aliphatic rings. The van der Waals surface area contributed by atoms with Gasteiger partial charge in [-0.2, -0.15) is 0 Å². The molecule has 0 aromatic heterocycles. The van der Waals surface area contributed by atoms with Gasteiger partial charge in [-0.15, -0.1) is 0 Å². The van der Waals surface area contributed by atoms with Gasteiger partial charge in [-0.25, -0.2) is 0 Å². The molecule has 0 heterocycles. The van der Waals surface area contributed by atoms with Gasteiger partial charge in [0.25, 0.3) is 0 Å². The van der Waals surface area contributed by atoms with Crippen LogP contribution in [0.2, 0.25) is 0 Å². The Bertz CT molecular complexity index is 808. The van der Waals surface area contributed by atoms with Crippen molar-refractivity contribution in [1.29, 1.82) is 0 Å². The van der Waals surface area contributed by atoms with Gasteiger partial charge in [-0.05, 0) is 109 Å². The Morgan fingerprint density at radius 3 is 2.17 bits per heavy atom. The second kappa shape index (κ2) is 6.08. The topological polar surface area (TPSA) is 0 Å². The molecule has 0 aromatic carbocycles. The summed E-state index contributed by atoms with van der Waals surface area (Å²) in [4.78, 5) is 0. The number of allylic oxidation sites excluding steroid dienone is 4. The predicted molar refractivity (Wildman–Crippen MR) is 129 cm³/mol. The maximum absolute atomic E-state index is 2.75. The van der Waals surface area contributed by atoms with E-state index in [9.17, 15) is 0 Å². The zero-order valence-electron chi connectivity index (χ0n) is 21.4. The monoisotopic (exact) mass is 408 g/mol. The van der Waals surface area contributed by atoms with Crippen LogP contribution in [0.3, 0.4) is 0 Å². The molecule has 5 rings (SSSR count). The zero-order chi connectivity index (χ0) is 21.8. The third-order valence-corrected chi connectivity index (χ3v) is 12.2. The van der Waals surface area contributed by atoms with Crippen molar-refractivity contribution in [3.8, 4) is 0 Å². The molecule has 0 bridgehead atoms. The van der Waals surface area contributed by atoms with E-state index in [2.05, 4.69) is 67.5 Å². The van der Waals surface area contributed by atoms with E-state index in [0.29, 0.717) is 32.5 Å². The fourth-order valence-electron chi connectivity index (χ4n) is 10.1. The predicted octanol–water partition coefficient (Wildman–Crippen LogP) is 9.12. The maximum atomic E-state index is 2.75. The van der Waals surface area contributed by atoms with Crippen LogP contribution in [-0.2, 0) is 0 Å². The van der Waals surface area contributed by atoms with Crippen molar-refractivity contribution >= 4 is 0 Å². The highest BCUT2D eigenvalue weighted by atomic mass is 14.7. The molecule has 0 aliphatic heterocycles. The van der Waals surface area contributed by atoms with Crippen LogP contribution >= 0.6 is 0 Å². The third-order valence-electron chi connectivity index (χ3n) is 12.2. The average Bonchev–Trinajstić information content (AvgIpc) is 2.63. The van der Waals surface area contributed by atoms with E-state index in [1.165, 1.54) is 64.2 Å². The molecule has 6 atom stereocenters. The maximum Gasteiger partial charge on any atom is -0.00566 e. The third kappa shape index (κ3) is 2.58. The number of rotatable bonds is 0. The van der Waals surface area contributed by atoms with Crippen molar-refractivity contribution in [2.45, 2.75) is 120 Å². The molecule has 0 aromatic rings. The average molecular weight is 409 g/mol. The quantitative estimate of drug-likeness (QED) is 0.350. The molecule has 3 saturated carbocycles. The molecule has 168 valence electrons. The molecular formula is C30H48. The summed E-state index contributed by atoms with van der Waals surface area (Å²) in [5, 5.41) is 0. The molecule has 0 spiro atoms. The van der Waals surface area contributed by atoms with Gasteiger partial charge in [0, 0.05) is 0 Å². The Kier molecular flexibility index (Phi) is 4.32. The lowest BCUT2D eigenvalue weighted by Gasteiger charge is -2.70. The smallest absolute Gasteiger partial charge is 0.00566 e. The first-order valence-corrected chi connectivity index (χ1v) is 13.2. The van der Waals surface area contributed by atoms with Crippen LogP contribution in [0.4, 0.5) is 0 Å². The Morgan fingerprint density at radius 2 is 1.43 bits per heavy atom. The van der Waals surface area contributed by atoms with Crippen molar-refractivity contribution in [3.63, 3.8) is 0 Å². The zero-order valence-corrected chi connectivity index (χ0v) is 21.4. The summed E-state index contributed by atoms with van der Waals surface area (Å²) in [7, 11) is 0. The second-order valence-electron chi connectivity index (χ2n) is 14.7. The van der Waals surface area contributed by atoms with Gasteiger partial charge in [-0.3, -0.25) is 0 Å². The van der Waals surface area contributed by atoms with E-state index in [4.69, 9.17) is 0 Å². The summed E-state index contributed by atoms with van der Waals surface area (Å²) in [6.07, 6.45) is 19.2. The normalized spacial score (nSPS) is 51.5. The lowest BCUT2D eigenvalue weighted by Crippen LogP contribution is -2.61. The van der Waals surface area contributed by atoms with E-state index < -0.39 is 0 Å². The molecule has 0 amide bonds. The molecule has 0 radical (unpaired) electrons. The summed E-state index contributed by atoms with van der Waals surface area (Å²) in [6, 6.07) is 0. The van der Waals surface area contributed by atoms with E-state index in [1.807, 2.05) is 11.1 Å². The highest BCUT2D eigenvalue weighted by Crippen LogP contribution is 2.75. The fourth-order valence-corrected chi connectivity index (χ4v) is 10.1. The Hall–Kier alpha value is -0.520. The standard InChI is InChI=1S/C30H48/c1-25(2)16-17-27(5)18-19-29(7)21(22(27)20-25)10-11-24-28(6)14-9-13-26(3,4)23(28)12-15-30(24,29)8/h9,13,23-24H,10-12,14-20H2,1-8H3/t23?,24-,27-,28+,29-,30-/m1/s1. The Morgan fingerprint density at radius 1 is 0.733 bits per heavy atom. The first-order valence-electron chi connectivity index (χ1n) is 13.2. The number of hydrogen-bond acceptors (Lipinski definition) is 0. The van der Waals surface area contributed by atoms with Gasteiger partial charge in [0.05, 0.1) is 0 Å². The Labute approximate surface area is 187 Å². The molecule has 0 heteroatoms. The van der Waals surface area contributed by atoms with E-state index in [0.717, 1.165) is 11.8 Å². The SMILES string of the molecule is CC1(C)CC[C@]2(C)CC[C@]3(C)C(=C2C1)CC[C@@H]1[C@@]2(C)CC=CC(C)(C)C2CC[C@]13C. The second-order valence-corrected chi connectivity index (χ2v) is 14.7. The van der Waals surface area contributed by atoms with Gasteiger partial charge in [0.2, 0.25) is 0 Å². The molecule has 1 unspecified atom stereocenters. The first kappa shape index (κ1) is 21.3. The fraction of sp³-hybridized carbons (Fsp3) is 0.867. The van der Waals surface area contributed by atoms with E-state index in [1.54, 1.807) is 0 Å². The van der Waals surface area contributed by atoms with Crippen molar-refractivity contribution in [3.05, 3.63) is 23.3 Å². The van der Waals surface area contributed by atoms with Crippen LogP contribution in [0.5, 0.6) is 0 Å². The van der Waals surface area contributed by atoms with Gasteiger partial charge < -0.3 is 0 Å². The van der Waals surface area contributed by atoms with Crippen LogP contribution in [0, 0.1) is 44.3 Å². The van der Waals surface area contributed by atoms with Crippen molar-refractivity contribution < 1.29 is 0 Å². The van der Waals surface area contributed by atoms with Crippen molar-refractivity contribution in [1.82, 2.24) is 0 Å². The molecule has 5 aliphatic carbocycles. The summed E-state index contributed by atoms with van der Waals surface area (Å²) in [6.45, 7) is 20.9. The highest BCUT2D eigenvalue weighted by molar-refractivity contribution is 5.38. The summed E-state index contributed by atoms with van der Waals surface area (Å²) >= 11 is 0. The number of hydrogen-bond donors (Lipinski definition) is 0. The van der Waals surface area contributed by atoms with Crippen LogP contribution in [0.25, 0.3) is 0 Å². The molecule has 3 fully saturated rings. The van der Waals surface area contributed by atoms with Crippen LogP contribution in [-0.4, -0.2) is 0 Å². The van der Waals surface area contributed by atoms with Gasteiger partial charge in [-0.1, -0.05) is 78.7 Å². The van der Waals surface area contributed by atoms with Crippen LogP contribution in [0.1, 0.15) is 120 Å². The molecular weight excluding hydrogens is 360 g/mol. The van der Waals surface area contributed by atoms with Crippen LogP contribution < -0.4 is 0 Å². The summed E-state index contributed by atoms with van der Waals surface area (Å²) in [5.41, 5.74) is 6.65. The molecule has 0 N–H and O–H groups in total. The van der Waals surface area contributed by atoms with E-state index in [-0.39, 0.29) is 0 Å². The highest BCUT2D eigenvalue weighted by Gasteiger charge is 2.65. The Balaban J connectivity index is 1.61. The minimum absolute atomic E-state index is 0.368. The van der Waals surface area contributed by atoms with E-state index >= 15 is 0 Å². The molecule has 0 nitrogen and oxygen atoms in total. The lowest BCUT2D eigenvalue weighted by atomic mass is 9.35. The van der Waals surface area contributed by atoms with Crippen molar-refractivity contribution in [2.75, 3.05) is 0 Å². The minimum atomic E-state index is 0.368. The minimum Gasteiger partial charge on any atom is -0.0874 e. The number of fused-ring (bicyclic) bond motifs is 6. The van der Waals surface area contributed by atoms with Gasteiger partial charge >= 0.3 is 0 Å². The van der Waals surface area contributed by atoms with Gasteiger partial charge in [0.15, 0.2) is 0 Å². The molecule has 0 saturated heterocycles. The first-order chi connectivity index (χ1) is 13.8. The van der Waals surface area contributed by atoms with Crippen LogP contribution in [0.15, 0.2) is 23.3 Å².